The van der Waals surface area contributed by atoms with Crippen molar-refractivity contribution in [3.63, 3.8) is 0 Å². The number of rotatable bonds is 1. The van der Waals surface area contributed by atoms with Crippen molar-refractivity contribution in [2.24, 2.45) is 0 Å². The van der Waals surface area contributed by atoms with E-state index in [1.54, 1.807) is 6.33 Å². The smallest absolute Gasteiger partial charge is 0.240 e. The first-order valence-corrected chi connectivity index (χ1v) is 9.46. The van der Waals surface area contributed by atoms with Crippen LogP contribution in [0.4, 0.5) is 0 Å². The lowest BCUT2D eigenvalue weighted by atomic mass is 9.75. The molecule has 1 amide bonds. The minimum Gasteiger partial charge on any atom is -0.348 e. The number of nitrogens with one attached hydrogen (secondary N) is 2. The molecule has 1 aromatic rings. The van der Waals surface area contributed by atoms with Crippen molar-refractivity contribution < 1.29 is 4.79 Å². The van der Waals surface area contributed by atoms with Gasteiger partial charge in [-0.2, -0.15) is 0 Å². The van der Waals surface area contributed by atoms with Crippen molar-refractivity contribution in [1.29, 1.82) is 0 Å². The zero-order valence-electron chi connectivity index (χ0n) is 14.7. The number of nitrogens with zero attached hydrogens (tertiary/aromatic N) is 3. The first-order valence-electron chi connectivity index (χ1n) is 9.46. The summed E-state index contributed by atoms with van der Waals surface area (Å²) in [4.78, 5) is 25.5. The fraction of sp³-hybridized carbons (Fsp3) is 0.778. The first-order chi connectivity index (χ1) is 11.7. The molecule has 0 aromatic carbocycles. The van der Waals surface area contributed by atoms with Crippen LogP contribution in [0.5, 0.6) is 0 Å². The Bertz CT molecular complexity index is 592. The minimum absolute atomic E-state index is 0.0885. The topological polar surface area (TPSA) is 64.3 Å². The molecular weight excluding hydrogens is 302 g/mol. The summed E-state index contributed by atoms with van der Waals surface area (Å²) >= 11 is 0. The largest absolute Gasteiger partial charge is 0.348 e. The maximum absolute atomic E-state index is 13.2. The first kappa shape index (κ1) is 16.1. The Morgan fingerprint density at radius 1 is 1.17 bits per heavy atom. The fourth-order valence-corrected chi connectivity index (χ4v) is 4.72. The predicted molar refractivity (Wildman–Crippen MR) is 92.7 cm³/mol. The third-order valence-corrected chi connectivity index (χ3v) is 6.07. The van der Waals surface area contributed by atoms with Crippen molar-refractivity contribution in [1.82, 2.24) is 25.1 Å². The Kier molecular flexibility index (Phi) is 4.35. The van der Waals surface area contributed by atoms with E-state index in [1.165, 1.54) is 30.7 Å². The second-order valence-electron chi connectivity index (χ2n) is 7.76. The van der Waals surface area contributed by atoms with Crippen LogP contribution < -0.4 is 5.32 Å². The van der Waals surface area contributed by atoms with Crippen LogP contribution in [0.3, 0.4) is 0 Å². The molecule has 0 unspecified atom stereocenters. The SMILES string of the molecule is CN1CCCN(C(=O)[C@@H]2Cc3[nH]cnc3C3(CCCCC3)N2)CC1. The van der Waals surface area contributed by atoms with Crippen LogP contribution >= 0.6 is 0 Å². The van der Waals surface area contributed by atoms with Crippen LogP contribution in [0.1, 0.15) is 49.9 Å². The van der Waals surface area contributed by atoms with Gasteiger partial charge in [-0.1, -0.05) is 19.3 Å². The highest BCUT2D eigenvalue weighted by Crippen LogP contribution is 2.40. The van der Waals surface area contributed by atoms with Gasteiger partial charge in [-0.25, -0.2) is 4.98 Å². The number of aromatic nitrogens is 2. The van der Waals surface area contributed by atoms with Gasteiger partial charge >= 0.3 is 0 Å². The number of imidazole rings is 1. The molecule has 0 bridgehead atoms. The summed E-state index contributed by atoms with van der Waals surface area (Å²) in [6.07, 6.45) is 9.52. The van der Waals surface area contributed by atoms with Gasteiger partial charge in [0.15, 0.2) is 0 Å². The lowest BCUT2D eigenvalue weighted by molar-refractivity contribution is -0.134. The van der Waals surface area contributed by atoms with Gasteiger partial charge in [0.1, 0.15) is 0 Å². The van der Waals surface area contributed by atoms with Crippen molar-refractivity contribution in [3.8, 4) is 0 Å². The molecule has 0 radical (unpaired) electrons. The Morgan fingerprint density at radius 2 is 2.00 bits per heavy atom. The van der Waals surface area contributed by atoms with E-state index in [2.05, 4.69) is 32.1 Å². The van der Waals surface area contributed by atoms with Gasteiger partial charge < -0.3 is 14.8 Å². The van der Waals surface area contributed by atoms with Gasteiger partial charge in [-0.3, -0.25) is 10.1 Å². The summed E-state index contributed by atoms with van der Waals surface area (Å²) < 4.78 is 0. The summed E-state index contributed by atoms with van der Waals surface area (Å²) in [5.41, 5.74) is 2.25. The van der Waals surface area contributed by atoms with Crippen molar-refractivity contribution in [3.05, 3.63) is 17.7 Å². The Hall–Kier alpha value is -1.40. The number of fused-ring (bicyclic) bond motifs is 2. The Balaban J connectivity index is 1.55. The Labute approximate surface area is 144 Å². The molecular formula is C18H29N5O. The molecule has 24 heavy (non-hydrogen) atoms. The van der Waals surface area contributed by atoms with E-state index in [-0.39, 0.29) is 17.5 Å². The lowest BCUT2D eigenvalue weighted by Gasteiger charge is -2.44. The van der Waals surface area contributed by atoms with E-state index >= 15 is 0 Å². The molecule has 4 rings (SSSR count). The van der Waals surface area contributed by atoms with Gasteiger partial charge in [0, 0.05) is 31.7 Å². The van der Waals surface area contributed by atoms with Crippen LogP contribution in [0.15, 0.2) is 6.33 Å². The van der Waals surface area contributed by atoms with E-state index in [9.17, 15) is 4.79 Å². The third kappa shape index (κ3) is 2.86. The molecule has 1 aromatic heterocycles. The molecule has 6 nitrogen and oxygen atoms in total. The van der Waals surface area contributed by atoms with E-state index in [1.807, 2.05) is 0 Å². The molecule has 1 saturated heterocycles. The minimum atomic E-state index is -0.112. The van der Waals surface area contributed by atoms with Crippen LogP contribution in [0.25, 0.3) is 0 Å². The maximum Gasteiger partial charge on any atom is 0.240 e. The zero-order valence-corrected chi connectivity index (χ0v) is 14.7. The summed E-state index contributed by atoms with van der Waals surface area (Å²) in [6.45, 7) is 3.77. The number of likely N-dealkylation sites (N-methyl/N-ethyl adjacent to an activating group) is 1. The number of carbonyl (C=O) groups excluding carboxylic acids is 1. The molecule has 132 valence electrons. The molecule has 1 spiro atoms. The number of carbonyl (C=O) groups is 1. The Morgan fingerprint density at radius 3 is 2.83 bits per heavy atom. The highest BCUT2D eigenvalue weighted by molar-refractivity contribution is 5.82. The zero-order chi connectivity index (χ0) is 16.6. The molecule has 2 fully saturated rings. The molecule has 2 N–H and O–H groups in total. The number of hydrogen-bond acceptors (Lipinski definition) is 4. The molecule has 3 heterocycles. The van der Waals surface area contributed by atoms with Crippen molar-refractivity contribution >= 4 is 5.91 Å². The van der Waals surface area contributed by atoms with E-state index in [4.69, 9.17) is 0 Å². The predicted octanol–water partition coefficient (Wildman–Crippen LogP) is 1.25. The summed E-state index contributed by atoms with van der Waals surface area (Å²) in [5, 5.41) is 3.75. The number of H-pyrrole nitrogens is 1. The van der Waals surface area contributed by atoms with E-state index < -0.39 is 0 Å². The third-order valence-electron chi connectivity index (χ3n) is 6.07. The number of aromatic amines is 1. The van der Waals surface area contributed by atoms with Gasteiger partial charge in [0.05, 0.1) is 23.6 Å². The summed E-state index contributed by atoms with van der Waals surface area (Å²) in [5.74, 6) is 0.274. The molecule has 2 aliphatic heterocycles. The lowest BCUT2D eigenvalue weighted by Crippen LogP contribution is -2.59. The van der Waals surface area contributed by atoms with Gasteiger partial charge in [0.2, 0.25) is 5.91 Å². The second-order valence-corrected chi connectivity index (χ2v) is 7.76. The van der Waals surface area contributed by atoms with Crippen molar-refractivity contribution in [2.75, 3.05) is 33.2 Å². The highest BCUT2D eigenvalue weighted by atomic mass is 16.2. The number of amides is 1. The normalized spacial score (nSPS) is 27.7. The fourth-order valence-electron chi connectivity index (χ4n) is 4.72. The number of hydrogen-bond donors (Lipinski definition) is 2. The summed E-state index contributed by atoms with van der Waals surface area (Å²) in [6, 6.07) is -0.112. The monoisotopic (exact) mass is 331 g/mol. The molecule has 6 heteroatoms. The standard InChI is InChI=1S/C18H29N5O/c1-22-8-5-9-23(11-10-22)17(24)15-12-14-16(20-13-19-14)18(21-15)6-3-2-4-7-18/h13,15,21H,2-12H2,1H3,(H,19,20)/t15-/m0/s1. The average Bonchev–Trinajstić information content (AvgIpc) is 2.97. The maximum atomic E-state index is 13.2. The average molecular weight is 331 g/mol. The molecule has 1 saturated carbocycles. The van der Waals surface area contributed by atoms with Gasteiger partial charge in [0.25, 0.3) is 0 Å². The van der Waals surface area contributed by atoms with Crippen molar-refractivity contribution in [2.45, 2.75) is 56.5 Å². The molecule has 3 aliphatic rings. The molecule has 1 aliphatic carbocycles. The molecule has 1 atom stereocenters. The quantitative estimate of drug-likeness (QED) is 0.813. The highest BCUT2D eigenvalue weighted by Gasteiger charge is 2.45. The van der Waals surface area contributed by atoms with Crippen LogP contribution in [-0.2, 0) is 16.8 Å². The van der Waals surface area contributed by atoms with Crippen LogP contribution in [0, 0.1) is 0 Å². The van der Waals surface area contributed by atoms with Gasteiger partial charge in [-0.15, -0.1) is 0 Å². The summed E-state index contributed by atoms with van der Waals surface area (Å²) in [7, 11) is 2.14. The second kappa shape index (κ2) is 6.48. The van der Waals surface area contributed by atoms with Crippen LogP contribution in [0.2, 0.25) is 0 Å². The van der Waals surface area contributed by atoms with E-state index in [0.717, 1.165) is 51.9 Å². The van der Waals surface area contributed by atoms with Crippen LogP contribution in [-0.4, -0.2) is 64.9 Å². The van der Waals surface area contributed by atoms with Gasteiger partial charge in [-0.05, 0) is 32.9 Å². The van der Waals surface area contributed by atoms with E-state index in [0.29, 0.717) is 0 Å².